The number of rotatable bonds is 5. The molecule has 0 N–H and O–H groups in total. The van der Waals surface area contributed by atoms with E-state index in [0.717, 1.165) is 4.68 Å². The van der Waals surface area contributed by atoms with Crippen LogP contribution in [0.4, 0.5) is 13.2 Å². The van der Waals surface area contributed by atoms with Gasteiger partial charge in [0.15, 0.2) is 0 Å². The SMILES string of the molecule is COc1ccccc1S[C@H](CC(=O)n1nc(C)cc1C)C(F)(F)F. The van der Waals surface area contributed by atoms with Crippen LogP contribution in [-0.4, -0.2) is 34.2 Å². The van der Waals surface area contributed by atoms with Gasteiger partial charge in [-0.2, -0.15) is 18.3 Å². The van der Waals surface area contributed by atoms with Crippen molar-refractivity contribution >= 4 is 17.7 Å². The number of benzene rings is 1. The second kappa shape index (κ2) is 7.29. The molecule has 2 rings (SSSR count). The fraction of sp³-hybridized carbons (Fsp3) is 0.375. The summed E-state index contributed by atoms with van der Waals surface area (Å²) in [6, 6.07) is 8.07. The Kier molecular flexibility index (Phi) is 5.58. The average Bonchev–Trinajstić information content (AvgIpc) is 2.84. The minimum absolute atomic E-state index is 0.337. The van der Waals surface area contributed by atoms with Crippen molar-refractivity contribution in [1.29, 1.82) is 0 Å². The Morgan fingerprint density at radius 3 is 2.54 bits per heavy atom. The van der Waals surface area contributed by atoms with Crippen LogP contribution in [0.5, 0.6) is 5.75 Å². The lowest BCUT2D eigenvalue weighted by Crippen LogP contribution is -2.30. The molecule has 1 atom stereocenters. The molecule has 0 spiro atoms. The van der Waals surface area contributed by atoms with Gasteiger partial charge in [0, 0.05) is 17.0 Å². The molecule has 1 aromatic heterocycles. The van der Waals surface area contributed by atoms with E-state index in [1.54, 1.807) is 38.1 Å². The first-order chi connectivity index (χ1) is 11.2. The topological polar surface area (TPSA) is 44.1 Å². The molecule has 4 nitrogen and oxygen atoms in total. The number of hydrogen-bond acceptors (Lipinski definition) is 4. The van der Waals surface area contributed by atoms with Crippen molar-refractivity contribution in [3.05, 3.63) is 41.7 Å². The molecule has 1 heterocycles. The Hall–Kier alpha value is -1.96. The lowest BCUT2D eigenvalue weighted by Gasteiger charge is -2.20. The lowest BCUT2D eigenvalue weighted by atomic mass is 10.2. The maximum absolute atomic E-state index is 13.4. The number of hydrogen-bond donors (Lipinski definition) is 0. The van der Waals surface area contributed by atoms with E-state index in [9.17, 15) is 18.0 Å². The molecule has 0 unspecified atom stereocenters. The summed E-state index contributed by atoms with van der Waals surface area (Å²) in [5, 5.41) is 2.07. The summed E-state index contributed by atoms with van der Waals surface area (Å²) >= 11 is 0.571. The first kappa shape index (κ1) is 18.4. The number of thioether (sulfide) groups is 1. The van der Waals surface area contributed by atoms with Crippen molar-refractivity contribution in [3.63, 3.8) is 0 Å². The Balaban J connectivity index is 2.23. The van der Waals surface area contributed by atoms with Crippen LogP contribution in [0.1, 0.15) is 22.6 Å². The molecule has 0 bridgehead atoms. The van der Waals surface area contributed by atoms with Gasteiger partial charge in [0.05, 0.1) is 12.8 Å². The van der Waals surface area contributed by atoms with Crippen LogP contribution in [0.15, 0.2) is 35.2 Å². The standard InChI is InChI=1S/C16H17F3N2O2S/c1-10-8-11(2)21(20-10)15(22)9-14(16(17,18)19)24-13-7-5-4-6-12(13)23-3/h4-8,14H,9H2,1-3H3/t14-/m1/s1. The molecule has 0 aliphatic heterocycles. The Labute approximate surface area is 142 Å². The number of aryl methyl sites for hydroxylation is 2. The number of carbonyl (C=O) groups is 1. The van der Waals surface area contributed by atoms with Crippen molar-refractivity contribution in [2.75, 3.05) is 7.11 Å². The van der Waals surface area contributed by atoms with Gasteiger partial charge < -0.3 is 4.74 Å². The van der Waals surface area contributed by atoms with Gasteiger partial charge in [-0.1, -0.05) is 12.1 Å². The van der Waals surface area contributed by atoms with Crippen LogP contribution in [0.25, 0.3) is 0 Å². The van der Waals surface area contributed by atoms with Gasteiger partial charge in [-0.25, -0.2) is 4.68 Å². The van der Waals surface area contributed by atoms with E-state index < -0.39 is 23.8 Å². The molecular weight excluding hydrogens is 341 g/mol. The smallest absolute Gasteiger partial charge is 0.401 e. The van der Waals surface area contributed by atoms with E-state index in [1.165, 1.54) is 13.2 Å². The Morgan fingerprint density at radius 1 is 1.33 bits per heavy atom. The van der Waals surface area contributed by atoms with Gasteiger partial charge >= 0.3 is 6.18 Å². The molecule has 0 aliphatic rings. The van der Waals surface area contributed by atoms with Crippen LogP contribution in [-0.2, 0) is 0 Å². The molecule has 0 fully saturated rings. The molecule has 0 radical (unpaired) electrons. The van der Waals surface area contributed by atoms with E-state index in [2.05, 4.69) is 5.10 Å². The van der Waals surface area contributed by atoms with Crippen LogP contribution in [0.3, 0.4) is 0 Å². The first-order valence-electron chi connectivity index (χ1n) is 7.15. The molecule has 0 amide bonds. The normalized spacial score (nSPS) is 12.9. The van der Waals surface area contributed by atoms with Gasteiger partial charge in [0.2, 0.25) is 5.91 Å². The highest BCUT2D eigenvalue weighted by Gasteiger charge is 2.42. The minimum Gasteiger partial charge on any atom is -0.496 e. The number of alkyl halides is 3. The summed E-state index contributed by atoms with van der Waals surface area (Å²) < 4.78 is 46.2. The summed E-state index contributed by atoms with van der Waals surface area (Å²) in [6.07, 6.45) is -5.23. The summed E-state index contributed by atoms with van der Waals surface area (Å²) in [4.78, 5) is 12.6. The Bertz CT molecular complexity index is 728. The number of para-hydroxylation sites is 1. The Morgan fingerprint density at radius 2 is 2.00 bits per heavy atom. The monoisotopic (exact) mass is 358 g/mol. The third kappa shape index (κ3) is 4.31. The van der Waals surface area contributed by atoms with Crippen LogP contribution >= 0.6 is 11.8 Å². The van der Waals surface area contributed by atoms with Crippen molar-refractivity contribution in [2.45, 2.75) is 36.6 Å². The largest absolute Gasteiger partial charge is 0.496 e. The van der Waals surface area contributed by atoms with Crippen molar-refractivity contribution in [3.8, 4) is 5.75 Å². The van der Waals surface area contributed by atoms with E-state index >= 15 is 0 Å². The number of methoxy groups -OCH3 is 1. The number of halogens is 3. The zero-order chi connectivity index (χ0) is 17.9. The van der Waals surface area contributed by atoms with E-state index in [0.29, 0.717) is 33.8 Å². The predicted octanol–water partition coefficient (Wildman–Crippen LogP) is 4.26. The van der Waals surface area contributed by atoms with Crippen molar-refractivity contribution in [2.24, 2.45) is 0 Å². The molecule has 0 saturated carbocycles. The first-order valence-corrected chi connectivity index (χ1v) is 8.03. The quantitative estimate of drug-likeness (QED) is 0.749. The number of carbonyl (C=O) groups excluding carboxylic acids is 1. The van der Waals surface area contributed by atoms with Gasteiger partial charge in [-0.15, -0.1) is 11.8 Å². The number of nitrogens with zero attached hydrogens (tertiary/aromatic N) is 2. The molecule has 0 aliphatic carbocycles. The second-order valence-corrected chi connectivity index (χ2v) is 6.48. The average molecular weight is 358 g/mol. The molecule has 1 aromatic carbocycles. The zero-order valence-corrected chi connectivity index (χ0v) is 14.2. The molecular formula is C16H17F3N2O2S. The maximum Gasteiger partial charge on any atom is 0.401 e. The summed E-state index contributed by atoms with van der Waals surface area (Å²) in [5.74, 6) is -0.347. The number of ether oxygens (including phenoxy) is 1. The molecule has 8 heteroatoms. The van der Waals surface area contributed by atoms with Crippen molar-refractivity contribution < 1.29 is 22.7 Å². The highest BCUT2D eigenvalue weighted by molar-refractivity contribution is 8.00. The highest BCUT2D eigenvalue weighted by atomic mass is 32.2. The predicted molar refractivity (Wildman–Crippen MR) is 85.6 cm³/mol. The van der Waals surface area contributed by atoms with Crippen molar-refractivity contribution in [1.82, 2.24) is 9.78 Å². The third-order valence-corrected chi connectivity index (χ3v) is 4.62. The molecule has 2 aromatic rings. The van der Waals surface area contributed by atoms with Gasteiger partial charge in [0.1, 0.15) is 11.0 Å². The summed E-state index contributed by atoms with van der Waals surface area (Å²) in [7, 11) is 1.39. The minimum atomic E-state index is -4.53. The van der Waals surface area contributed by atoms with E-state index in [1.807, 2.05) is 0 Å². The third-order valence-electron chi connectivity index (χ3n) is 3.31. The van der Waals surface area contributed by atoms with Gasteiger partial charge in [0.25, 0.3) is 0 Å². The van der Waals surface area contributed by atoms with Gasteiger partial charge in [-0.05, 0) is 32.0 Å². The summed E-state index contributed by atoms with van der Waals surface area (Å²) in [5.41, 5.74) is 1.10. The van der Waals surface area contributed by atoms with E-state index in [4.69, 9.17) is 4.74 Å². The summed E-state index contributed by atoms with van der Waals surface area (Å²) in [6.45, 7) is 3.31. The zero-order valence-electron chi connectivity index (χ0n) is 13.4. The fourth-order valence-electron chi connectivity index (χ4n) is 2.22. The highest BCUT2D eigenvalue weighted by Crippen LogP contribution is 2.40. The van der Waals surface area contributed by atoms with Crippen LogP contribution in [0, 0.1) is 13.8 Å². The van der Waals surface area contributed by atoms with E-state index in [-0.39, 0.29) is 0 Å². The maximum atomic E-state index is 13.4. The number of aromatic nitrogens is 2. The molecule has 24 heavy (non-hydrogen) atoms. The fourth-order valence-corrected chi connectivity index (χ4v) is 3.31. The lowest BCUT2D eigenvalue weighted by molar-refractivity contribution is -0.128. The molecule has 0 saturated heterocycles. The molecule has 130 valence electrons. The second-order valence-electron chi connectivity index (χ2n) is 5.24. The van der Waals surface area contributed by atoms with Gasteiger partial charge in [-0.3, -0.25) is 4.79 Å². The van der Waals surface area contributed by atoms with Crippen LogP contribution in [0.2, 0.25) is 0 Å². The van der Waals surface area contributed by atoms with Crippen LogP contribution < -0.4 is 4.74 Å².